The molecule has 0 heterocycles. The Morgan fingerprint density at radius 3 is 2.60 bits per heavy atom. The molecule has 0 aromatic rings. The fraction of sp³-hybridized carbons (Fsp3) is 0.778. The van der Waals surface area contributed by atoms with Crippen LogP contribution in [0.2, 0.25) is 0 Å². The van der Waals surface area contributed by atoms with Crippen LogP contribution in [0.5, 0.6) is 0 Å². The molecule has 6 heteroatoms. The number of ether oxygens (including phenoxy) is 1. The maximum absolute atomic E-state index is 11.5. The predicted octanol–water partition coefficient (Wildman–Crippen LogP) is 0.299. The molecule has 0 rings (SSSR count). The van der Waals surface area contributed by atoms with E-state index in [-0.39, 0.29) is 12.5 Å². The largest absolute Gasteiger partial charge is 0.480 e. The summed E-state index contributed by atoms with van der Waals surface area (Å²) >= 11 is 1.45. The number of thioether (sulfide) groups is 1. The van der Waals surface area contributed by atoms with Gasteiger partial charge in [-0.25, -0.2) is 0 Å². The van der Waals surface area contributed by atoms with Gasteiger partial charge >= 0.3 is 5.97 Å². The van der Waals surface area contributed by atoms with Crippen molar-refractivity contribution in [2.24, 2.45) is 0 Å². The number of amides is 1. The molecule has 0 aliphatic rings. The van der Waals surface area contributed by atoms with E-state index in [9.17, 15) is 9.59 Å². The topological polar surface area (TPSA) is 66.8 Å². The lowest BCUT2D eigenvalue weighted by Gasteiger charge is -2.17. The van der Waals surface area contributed by atoms with Crippen LogP contribution in [0.1, 0.15) is 6.92 Å². The maximum atomic E-state index is 11.5. The Morgan fingerprint density at radius 1 is 1.47 bits per heavy atom. The predicted molar refractivity (Wildman–Crippen MR) is 59.1 cm³/mol. The molecular formula is C9H17NO4S. The summed E-state index contributed by atoms with van der Waals surface area (Å²) < 4.78 is 4.84. The number of aliphatic carboxylic acids is 1. The molecule has 15 heavy (non-hydrogen) atoms. The van der Waals surface area contributed by atoms with E-state index in [4.69, 9.17) is 9.84 Å². The molecule has 0 atom stereocenters. The smallest absolute Gasteiger partial charge is 0.323 e. The standard InChI is InChI=1S/C9H17NO4S/c1-3-10(6-9(12)13)8(11)7-15-5-4-14-2/h3-7H2,1-2H3,(H,12,13). The first-order chi connectivity index (χ1) is 7.11. The van der Waals surface area contributed by atoms with Crippen molar-refractivity contribution in [3.05, 3.63) is 0 Å². The summed E-state index contributed by atoms with van der Waals surface area (Å²) in [6, 6.07) is 0. The van der Waals surface area contributed by atoms with Gasteiger partial charge in [0.05, 0.1) is 12.4 Å². The monoisotopic (exact) mass is 235 g/mol. The number of carboxylic acid groups (broad SMARTS) is 1. The molecule has 88 valence electrons. The average molecular weight is 235 g/mol. The molecule has 0 fully saturated rings. The van der Waals surface area contributed by atoms with Crippen LogP contribution in [0.25, 0.3) is 0 Å². The van der Waals surface area contributed by atoms with Gasteiger partial charge in [0.1, 0.15) is 6.54 Å². The minimum atomic E-state index is -0.980. The fourth-order valence-corrected chi connectivity index (χ4v) is 1.72. The van der Waals surface area contributed by atoms with Gasteiger partial charge in [-0.1, -0.05) is 0 Å². The molecule has 0 radical (unpaired) electrons. The molecule has 1 amide bonds. The number of carbonyl (C=O) groups is 2. The number of nitrogens with zero attached hydrogens (tertiary/aromatic N) is 1. The van der Waals surface area contributed by atoms with Crippen LogP contribution >= 0.6 is 11.8 Å². The molecular weight excluding hydrogens is 218 g/mol. The first-order valence-electron chi connectivity index (χ1n) is 4.68. The Kier molecular flexibility index (Phi) is 8.12. The lowest BCUT2D eigenvalue weighted by molar-refractivity contribution is -0.143. The van der Waals surface area contributed by atoms with Gasteiger partial charge in [0.15, 0.2) is 0 Å². The van der Waals surface area contributed by atoms with Gasteiger partial charge in [0, 0.05) is 19.4 Å². The number of carboxylic acids is 1. The number of carbonyl (C=O) groups excluding carboxylic acids is 1. The number of methoxy groups -OCH3 is 1. The lowest BCUT2D eigenvalue weighted by atomic mass is 10.4. The van der Waals surface area contributed by atoms with E-state index < -0.39 is 5.97 Å². The second-order valence-electron chi connectivity index (χ2n) is 2.85. The van der Waals surface area contributed by atoms with Crippen molar-refractivity contribution < 1.29 is 19.4 Å². The van der Waals surface area contributed by atoms with Gasteiger partial charge in [-0.05, 0) is 6.92 Å². The van der Waals surface area contributed by atoms with Gasteiger partial charge in [-0.15, -0.1) is 11.8 Å². The lowest BCUT2D eigenvalue weighted by Crippen LogP contribution is -2.36. The van der Waals surface area contributed by atoms with Crippen molar-refractivity contribution in [2.45, 2.75) is 6.92 Å². The van der Waals surface area contributed by atoms with Crippen LogP contribution in [0.15, 0.2) is 0 Å². The highest BCUT2D eigenvalue weighted by Gasteiger charge is 2.14. The Labute approximate surface area is 93.8 Å². The zero-order chi connectivity index (χ0) is 11.7. The molecule has 5 nitrogen and oxygen atoms in total. The first-order valence-corrected chi connectivity index (χ1v) is 5.83. The number of likely N-dealkylation sites (N-methyl/N-ethyl adjacent to an activating group) is 1. The second kappa shape index (κ2) is 8.55. The Hall–Kier alpha value is -0.750. The summed E-state index contributed by atoms with van der Waals surface area (Å²) in [5, 5.41) is 8.55. The summed E-state index contributed by atoms with van der Waals surface area (Å²) in [5.41, 5.74) is 0. The molecule has 0 aromatic heterocycles. The summed E-state index contributed by atoms with van der Waals surface area (Å²) in [6.45, 7) is 2.57. The Bertz CT molecular complexity index is 210. The van der Waals surface area contributed by atoms with Gasteiger partial charge in [-0.2, -0.15) is 0 Å². The van der Waals surface area contributed by atoms with Crippen LogP contribution in [0, 0.1) is 0 Å². The second-order valence-corrected chi connectivity index (χ2v) is 3.95. The quantitative estimate of drug-likeness (QED) is 0.613. The van der Waals surface area contributed by atoms with Gasteiger partial charge < -0.3 is 14.7 Å². The average Bonchev–Trinajstić information content (AvgIpc) is 2.20. The molecule has 0 unspecified atom stereocenters. The van der Waals surface area contributed by atoms with E-state index in [0.717, 1.165) is 5.75 Å². The summed E-state index contributed by atoms with van der Waals surface area (Å²) in [4.78, 5) is 23.2. The SMILES string of the molecule is CCN(CC(=O)O)C(=O)CSCCOC. The van der Waals surface area contributed by atoms with Crippen LogP contribution in [-0.4, -0.2) is 60.2 Å². The third-order valence-corrected chi connectivity index (χ3v) is 2.62. The van der Waals surface area contributed by atoms with Crippen LogP contribution in [0.3, 0.4) is 0 Å². The zero-order valence-electron chi connectivity index (χ0n) is 9.06. The highest BCUT2D eigenvalue weighted by Crippen LogP contribution is 2.02. The zero-order valence-corrected chi connectivity index (χ0v) is 9.88. The van der Waals surface area contributed by atoms with Gasteiger partial charge in [0.25, 0.3) is 0 Å². The molecule has 0 saturated carbocycles. The van der Waals surface area contributed by atoms with Crippen molar-refractivity contribution in [3.63, 3.8) is 0 Å². The fourth-order valence-electron chi connectivity index (χ4n) is 0.933. The van der Waals surface area contributed by atoms with Gasteiger partial charge in [-0.3, -0.25) is 9.59 Å². The van der Waals surface area contributed by atoms with E-state index in [1.54, 1.807) is 14.0 Å². The summed E-state index contributed by atoms with van der Waals surface area (Å²) in [7, 11) is 1.60. The van der Waals surface area contributed by atoms with E-state index in [1.165, 1.54) is 16.7 Å². The molecule has 1 N–H and O–H groups in total. The molecule has 0 aliphatic heterocycles. The molecule has 0 aromatic carbocycles. The highest BCUT2D eigenvalue weighted by atomic mass is 32.2. The molecule has 0 bridgehead atoms. The first kappa shape index (κ1) is 14.2. The van der Waals surface area contributed by atoms with Crippen LogP contribution in [0.4, 0.5) is 0 Å². The van der Waals surface area contributed by atoms with E-state index in [1.807, 2.05) is 0 Å². The number of hydrogen-bond acceptors (Lipinski definition) is 4. The van der Waals surface area contributed by atoms with Crippen molar-refractivity contribution in [1.82, 2.24) is 4.90 Å². The maximum Gasteiger partial charge on any atom is 0.323 e. The normalized spacial score (nSPS) is 10.0. The Balaban J connectivity index is 3.78. The van der Waals surface area contributed by atoms with Crippen LogP contribution < -0.4 is 0 Å². The molecule has 0 saturated heterocycles. The third kappa shape index (κ3) is 7.21. The van der Waals surface area contributed by atoms with E-state index in [2.05, 4.69) is 0 Å². The molecule has 0 spiro atoms. The summed E-state index contributed by atoms with van der Waals surface area (Å²) in [6.07, 6.45) is 0. The molecule has 0 aliphatic carbocycles. The Morgan fingerprint density at radius 2 is 2.13 bits per heavy atom. The third-order valence-electron chi connectivity index (χ3n) is 1.72. The van der Waals surface area contributed by atoms with Crippen LogP contribution in [-0.2, 0) is 14.3 Å². The summed E-state index contributed by atoms with van der Waals surface area (Å²) in [5.74, 6) is -0.0646. The number of rotatable bonds is 8. The van der Waals surface area contributed by atoms with E-state index >= 15 is 0 Å². The van der Waals surface area contributed by atoms with Crippen molar-refractivity contribution in [3.8, 4) is 0 Å². The van der Waals surface area contributed by atoms with Crippen molar-refractivity contribution in [2.75, 3.05) is 38.3 Å². The van der Waals surface area contributed by atoms with E-state index in [0.29, 0.717) is 18.9 Å². The van der Waals surface area contributed by atoms with Crippen molar-refractivity contribution in [1.29, 1.82) is 0 Å². The van der Waals surface area contributed by atoms with Gasteiger partial charge in [0.2, 0.25) is 5.91 Å². The highest BCUT2D eigenvalue weighted by molar-refractivity contribution is 7.99. The minimum Gasteiger partial charge on any atom is -0.480 e. The minimum absolute atomic E-state index is 0.138. The van der Waals surface area contributed by atoms with Crippen molar-refractivity contribution >= 4 is 23.6 Å². The number of hydrogen-bond donors (Lipinski definition) is 1.